The predicted octanol–water partition coefficient (Wildman–Crippen LogP) is 2.12. The number of hydrogen-bond donors (Lipinski definition) is 3. The Hall–Kier alpha value is -1.09. The van der Waals surface area contributed by atoms with Crippen molar-refractivity contribution in [2.24, 2.45) is 11.8 Å². The third kappa shape index (κ3) is 9.92. The van der Waals surface area contributed by atoms with Crippen LogP contribution in [0.15, 0.2) is 0 Å². The van der Waals surface area contributed by atoms with Gasteiger partial charge in [-0.3, -0.25) is 9.59 Å². The summed E-state index contributed by atoms with van der Waals surface area (Å²) in [6.45, 7) is 6.42. The Morgan fingerprint density at radius 1 is 1.17 bits per heavy atom. The van der Waals surface area contributed by atoms with Gasteiger partial charge in [-0.1, -0.05) is 21.6 Å². The minimum atomic E-state index is -0.795. The van der Waals surface area contributed by atoms with Gasteiger partial charge in [0.2, 0.25) is 5.91 Å². The molecule has 1 saturated carbocycles. The number of aliphatic carboxylic acids is 1. The third-order valence-corrected chi connectivity index (χ3v) is 5.54. The van der Waals surface area contributed by atoms with Gasteiger partial charge in [-0.15, -0.1) is 0 Å². The number of carbonyl (C=O) groups is 3. The van der Waals surface area contributed by atoms with Gasteiger partial charge in [0, 0.05) is 30.5 Å². The monoisotopic (exact) mass is 378 g/mol. The van der Waals surface area contributed by atoms with Crippen LogP contribution in [0.1, 0.15) is 33.6 Å². The van der Waals surface area contributed by atoms with Gasteiger partial charge in [0.1, 0.15) is 5.60 Å². The van der Waals surface area contributed by atoms with Crippen molar-refractivity contribution >= 4 is 39.6 Å². The maximum absolute atomic E-state index is 11.9. The summed E-state index contributed by atoms with van der Waals surface area (Å²) >= 11 is 0. The summed E-state index contributed by atoms with van der Waals surface area (Å²) in [4.78, 5) is 33.8. The van der Waals surface area contributed by atoms with Crippen molar-refractivity contribution < 1.29 is 24.2 Å². The number of carbonyl (C=O) groups excluding carboxylic acids is 2. The molecule has 1 fully saturated rings. The Bertz CT molecular complexity index is 454. The highest BCUT2D eigenvalue weighted by atomic mass is 33.1. The quantitative estimate of drug-likeness (QED) is 0.395. The van der Waals surface area contributed by atoms with Crippen LogP contribution in [-0.4, -0.2) is 53.3 Å². The van der Waals surface area contributed by atoms with Crippen molar-refractivity contribution in [3.05, 3.63) is 0 Å². The van der Waals surface area contributed by atoms with Gasteiger partial charge >= 0.3 is 12.1 Å². The highest BCUT2D eigenvalue weighted by Gasteiger charge is 2.42. The van der Waals surface area contributed by atoms with Crippen LogP contribution in [0.2, 0.25) is 0 Å². The summed E-state index contributed by atoms with van der Waals surface area (Å²) < 4.78 is 5.15. The summed E-state index contributed by atoms with van der Waals surface area (Å²) in [6, 6.07) is 0. The molecule has 2 amide bonds. The fraction of sp³-hybridized carbons (Fsp3) is 0.800. The molecule has 2 atom stereocenters. The molecular weight excluding hydrogens is 352 g/mol. The minimum absolute atomic E-state index is 0.0159. The Balaban J connectivity index is 2.02. The molecule has 7 nitrogen and oxygen atoms in total. The molecule has 24 heavy (non-hydrogen) atoms. The Morgan fingerprint density at radius 2 is 1.83 bits per heavy atom. The largest absolute Gasteiger partial charge is 0.481 e. The van der Waals surface area contributed by atoms with E-state index in [0.717, 1.165) is 12.2 Å². The number of alkyl carbamates (subject to hydrolysis) is 1. The van der Waals surface area contributed by atoms with Crippen LogP contribution in [0.4, 0.5) is 4.79 Å². The van der Waals surface area contributed by atoms with E-state index >= 15 is 0 Å². The van der Waals surface area contributed by atoms with E-state index in [1.54, 1.807) is 31.6 Å². The first-order valence-electron chi connectivity index (χ1n) is 7.90. The number of hydrogen-bond acceptors (Lipinski definition) is 6. The van der Waals surface area contributed by atoms with E-state index in [1.165, 1.54) is 10.8 Å². The van der Waals surface area contributed by atoms with Gasteiger partial charge < -0.3 is 20.5 Å². The molecule has 0 aliphatic heterocycles. The first-order chi connectivity index (χ1) is 11.2. The average Bonchev–Trinajstić information content (AvgIpc) is 3.21. The lowest BCUT2D eigenvalue weighted by molar-refractivity contribution is -0.136. The lowest BCUT2D eigenvalue weighted by Gasteiger charge is -2.19. The summed E-state index contributed by atoms with van der Waals surface area (Å²) in [7, 11) is 3.05. The molecule has 0 aromatic rings. The molecule has 0 radical (unpaired) electrons. The highest BCUT2D eigenvalue weighted by Crippen LogP contribution is 2.38. The predicted molar refractivity (Wildman–Crippen MR) is 96.0 cm³/mol. The van der Waals surface area contributed by atoms with Gasteiger partial charge in [0.15, 0.2) is 0 Å². The lowest BCUT2D eigenvalue weighted by Crippen LogP contribution is -2.34. The Labute approximate surface area is 150 Å². The van der Waals surface area contributed by atoms with Crippen LogP contribution in [0, 0.1) is 11.8 Å². The van der Waals surface area contributed by atoms with Crippen molar-refractivity contribution in [3.63, 3.8) is 0 Å². The molecule has 0 heterocycles. The fourth-order valence-corrected chi connectivity index (χ4v) is 3.80. The highest BCUT2D eigenvalue weighted by molar-refractivity contribution is 8.76. The number of carboxylic acid groups (broad SMARTS) is 1. The number of amides is 2. The van der Waals surface area contributed by atoms with Crippen LogP contribution >= 0.6 is 21.6 Å². The number of nitrogens with one attached hydrogen (secondary N) is 2. The van der Waals surface area contributed by atoms with E-state index in [-0.39, 0.29) is 24.2 Å². The number of rotatable bonds is 10. The zero-order valence-corrected chi connectivity index (χ0v) is 15.9. The molecule has 0 bridgehead atoms. The smallest absolute Gasteiger partial charge is 0.407 e. The van der Waals surface area contributed by atoms with E-state index < -0.39 is 17.7 Å². The van der Waals surface area contributed by atoms with Crippen LogP contribution < -0.4 is 10.6 Å². The first kappa shape index (κ1) is 21.0. The van der Waals surface area contributed by atoms with Crippen LogP contribution in [0.3, 0.4) is 0 Å². The van der Waals surface area contributed by atoms with Gasteiger partial charge in [-0.25, -0.2) is 4.79 Å². The molecule has 3 N–H and O–H groups in total. The third-order valence-electron chi connectivity index (χ3n) is 3.13. The van der Waals surface area contributed by atoms with Gasteiger partial charge in [0.05, 0.1) is 6.42 Å². The Morgan fingerprint density at radius 3 is 2.46 bits per heavy atom. The van der Waals surface area contributed by atoms with Crippen LogP contribution in [0.5, 0.6) is 0 Å². The standard InChI is InChI=1S/C15H26N2O5S2/c1-15(2,3)22-14(21)17-9-10-8-11(10)13(20)16-5-7-24-23-6-4-12(18)19/h10-11H,4-9H2,1-3H3,(H,16,20)(H,17,21)(H,18,19)/t10-,11-/m0/s1. The zero-order valence-electron chi connectivity index (χ0n) is 14.3. The topological polar surface area (TPSA) is 105 Å². The molecule has 1 rings (SSSR count). The van der Waals surface area contributed by atoms with E-state index in [4.69, 9.17) is 9.84 Å². The summed E-state index contributed by atoms with van der Waals surface area (Å²) in [5.74, 6) is 0.663. The second kappa shape index (κ2) is 10.0. The van der Waals surface area contributed by atoms with E-state index in [2.05, 4.69) is 10.6 Å². The average molecular weight is 379 g/mol. The molecule has 0 aromatic heterocycles. The van der Waals surface area contributed by atoms with E-state index in [9.17, 15) is 14.4 Å². The number of carboxylic acids is 1. The molecule has 9 heteroatoms. The van der Waals surface area contributed by atoms with Gasteiger partial charge in [-0.2, -0.15) is 0 Å². The molecular formula is C15H26N2O5S2. The van der Waals surface area contributed by atoms with E-state index in [1.807, 2.05) is 0 Å². The number of ether oxygens (including phenoxy) is 1. The molecule has 138 valence electrons. The second-order valence-electron chi connectivity index (χ2n) is 6.56. The molecule has 1 aliphatic carbocycles. The maximum Gasteiger partial charge on any atom is 0.407 e. The fourth-order valence-electron chi connectivity index (χ4n) is 1.92. The molecule has 0 unspecified atom stereocenters. The SMILES string of the molecule is CC(C)(C)OC(=O)NC[C@@H]1C[C@@H]1C(=O)NCCSSCCC(=O)O. The summed E-state index contributed by atoms with van der Waals surface area (Å²) in [6.07, 6.45) is 0.476. The minimum Gasteiger partial charge on any atom is -0.481 e. The molecule has 0 aromatic carbocycles. The first-order valence-corrected chi connectivity index (χ1v) is 10.4. The second-order valence-corrected chi connectivity index (χ2v) is 9.27. The summed E-state index contributed by atoms with van der Waals surface area (Å²) in [5.41, 5.74) is -0.523. The lowest BCUT2D eigenvalue weighted by atomic mass is 10.2. The van der Waals surface area contributed by atoms with Crippen LogP contribution in [0.25, 0.3) is 0 Å². The van der Waals surface area contributed by atoms with Crippen molar-refractivity contribution in [1.82, 2.24) is 10.6 Å². The molecule has 0 saturated heterocycles. The summed E-state index contributed by atoms with van der Waals surface area (Å²) in [5, 5.41) is 14.1. The van der Waals surface area contributed by atoms with Crippen molar-refractivity contribution in [1.29, 1.82) is 0 Å². The van der Waals surface area contributed by atoms with Crippen molar-refractivity contribution in [2.75, 3.05) is 24.6 Å². The van der Waals surface area contributed by atoms with Gasteiger partial charge in [-0.05, 0) is 33.1 Å². The molecule has 0 spiro atoms. The van der Waals surface area contributed by atoms with Crippen molar-refractivity contribution in [3.8, 4) is 0 Å². The Kier molecular flexibility index (Phi) is 8.75. The maximum atomic E-state index is 11.9. The van der Waals surface area contributed by atoms with E-state index in [0.29, 0.717) is 18.8 Å². The van der Waals surface area contributed by atoms with Crippen molar-refractivity contribution in [2.45, 2.75) is 39.2 Å². The van der Waals surface area contributed by atoms with Gasteiger partial charge in [0.25, 0.3) is 0 Å². The zero-order chi connectivity index (χ0) is 18.2. The van der Waals surface area contributed by atoms with Crippen LogP contribution in [-0.2, 0) is 14.3 Å². The molecule has 1 aliphatic rings. The normalized spacial score (nSPS) is 19.5.